The van der Waals surface area contributed by atoms with Gasteiger partial charge in [0.05, 0.1) is 6.10 Å². The molecule has 2 heteroatoms. The third kappa shape index (κ3) is 2.82. The van der Waals surface area contributed by atoms with Crippen LogP contribution in [0, 0.1) is 5.41 Å². The molecule has 0 aliphatic heterocycles. The van der Waals surface area contributed by atoms with Crippen LogP contribution < -0.4 is 0 Å². The van der Waals surface area contributed by atoms with Crippen LogP contribution in [0.4, 0.5) is 0 Å². The van der Waals surface area contributed by atoms with E-state index < -0.39 is 0 Å². The van der Waals surface area contributed by atoms with E-state index in [2.05, 4.69) is 19.9 Å². The Balaban J connectivity index is 2.63. The minimum atomic E-state index is -0.220. The number of rotatable bonds is 3. The van der Waals surface area contributed by atoms with E-state index >= 15 is 0 Å². The Bertz CT molecular complexity index is 210. The standard InChI is InChI=1S/C12H22O2/c1-10-4-5-11(14)12(2,8-6-10)7-3-9-13/h6,11,13-14H,3-5,7-9H2,1-2H3. The molecule has 14 heavy (non-hydrogen) atoms. The fraction of sp³-hybridized carbons (Fsp3) is 0.833. The summed E-state index contributed by atoms with van der Waals surface area (Å²) in [6, 6.07) is 0. The van der Waals surface area contributed by atoms with Crippen molar-refractivity contribution in [3.05, 3.63) is 11.6 Å². The molecule has 1 aliphatic carbocycles. The summed E-state index contributed by atoms with van der Waals surface area (Å²) in [6.45, 7) is 4.48. The first-order valence-corrected chi connectivity index (χ1v) is 5.53. The molecular formula is C12H22O2. The highest BCUT2D eigenvalue weighted by Gasteiger charge is 2.32. The van der Waals surface area contributed by atoms with Gasteiger partial charge in [-0.25, -0.2) is 0 Å². The Morgan fingerprint density at radius 3 is 2.93 bits per heavy atom. The van der Waals surface area contributed by atoms with Gasteiger partial charge in [-0.1, -0.05) is 18.6 Å². The van der Waals surface area contributed by atoms with E-state index in [4.69, 9.17) is 5.11 Å². The molecule has 0 saturated heterocycles. The smallest absolute Gasteiger partial charge is 0.0599 e. The zero-order valence-corrected chi connectivity index (χ0v) is 9.29. The molecule has 2 unspecified atom stereocenters. The first-order valence-electron chi connectivity index (χ1n) is 5.53. The quantitative estimate of drug-likeness (QED) is 0.683. The van der Waals surface area contributed by atoms with Crippen LogP contribution in [0.3, 0.4) is 0 Å². The first kappa shape index (κ1) is 11.7. The Morgan fingerprint density at radius 2 is 2.29 bits per heavy atom. The molecule has 0 fully saturated rings. The summed E-state index contributed by atoms with van der Waals surface area (Å²) in [7, 11) is 0. The highest BCUT2D eigenvalue weighted by molar-refractivity contribution is 5.05. The van der Waals surface area contributed by atoms with Crippen LogP contribution in [0.25, 0.3) is 0 Å². The van der Waals surface area contributed by atoms with Crippen molar-refractivity contribution in [3.8, 4) is 0 Å². The molecule has 0 bridgehead atoms. The maximum atomic E-state index is 10.0. The Hall–Kier alpha value is -0.340. The van der Waals surface area contributed by atoms with Gasteiger partial charge in [-0.2, -0.15) is 0 Å². The second kappa shape index (κ2) is 4.94. The SMILES string of the molecule is CC1=CCC(C)(CCCO)C(O)CC1. The van der Waals surface area contributed by atoms with Crippen molar-refractivity contribution in [2.45, 2.75) is 52.1 Å². The zero-order valence-electron chi connectivity index (χ0n) is 9.29. The largest absolute Gasteiger partial charge is 0.396 e. The van der Waals surface area contributed by atoms with E-state index in [1.165, 1.54) is 5.57 Å². The molecule has 0 spiro atoms. The highest BCUT2D eigenvalue weighted by atomic mass is 16.3. The normalized spacial score (nSPS) is 33.7. The van der Waals surface area contributed by atoms with Gasteiger partial charge in [0.2, 0.25) is 0 Å². The van der Waals surface area contributed by atoms with E-state index in [9.17, 15) is 5.11 Å². The fourth-order valence-corrected chi connectivity index (χ4v) is 2.11. The Labute approximate surface area is 86.6 Å². The number of allylic oxidation sites excluding steroid dienone is 2. The van der Waals surface area contributed by atoms with Crippen LogP contribution in [-0.2, 0) is 0 Å². The lowest BCUT2D eigenvalue weighted by atomic mass is 9.77. The third-order valence-electron chi connectivity index (χ3n) is 3.44. The lowest BCUT2D eigenvalue weighted by molar-refractivity contribution is 0.0249. The van der Waals surface area contributed by atoms with Gasteiger partial charge >= 0.3 is 0 Å². The fourth-order valence-electron chi connectivity index (χ4n) is 2.11. The summed E-state index contributed by atoms with van der Waals surface area (Å²) in [5.74, 6) is 0. The topological polar surface area (TPSA) is 40.5 Å². The van der Waals surface area contributed by atoms with Crippen molar-refractivity contribution in [2.24, 2.45) is 5.41 Å². The molecule has 0 heterocycles. The van der Waals surface area contributed by atoms with Crippen molar-refractivity contribution in [2.75, 3.05) is 6.61 Å². The van der Waals surface area contributed by atoms with Gasteiger partial charge in [-0.3, -0.25) is 0 Å². The minimum Gasteiger partial charge on any atom is -0.396 e. The van der Waals surface area contributed by atoms with Gasteiger partial charge in [0.25, 0.3) is 0 Å². The summed E-state index contributed by atoms with van der Waals surface area (Å²) >= 11 is 0. The number of hydrogen-bond acceptors (Lipinski definition) is 2. The molecule has 0 aromatic heterocycles. The van der Waals surface area contributed by atoms with Crippen LogP contribution in [0.5, 0.6) is 0 Å². The molecular weight excluding hydrogens is 176 g/mol. The van der Waals surface area contributed by atoms with E-state index in [1.807, 2.05) is 0 Å². The molecule has 0 aromatic carbocycles. The second-order valence-corrected chi connectivity index (χ2v) is 4.79. The van der Waals surface area contributed by atoms with Gasteiger partial charge in [0.15, 0.2) is 0 Å². The van der Waals surface area contributed by atoms with Crippen LogP contribution in [0.1, 0.15) is 46.0 Å². The summed E-state index contributed by atoms with van der Waals surface area (Å²) in [5.41, 5.74) is 1.36. The molecule has 1 aliphatic rings. The molecule has 0 amide bonds. The van der Waals surface area contributed by atoms with Crippen LogP contribution in [0.2, 0.25) is 0 Å². The van der Waals surface area contributed by atoms with Gasteiger partial charge in [-0.05, 0) is 44.4 Å². The summed E-state index contributed by atoms with van der Waals surface area (Å²) in [6.07, 6.45) is 6.55. The molecule has 2 N–H and O–H groups in total. The van der Waals surface area contributed by atoms with Gasteiger partial charge in [0, 0.05) is 6.61 Å². The Morgan fingerprint density at radius 1 is 1.57 bits per heavy atom. The lowest BCUT2D eigenvalue weighted by Gasteiger charge is -2.32. The minimum absolute atomic E-state index is 0.0273. The molecule has 82 valence electrons. The number of aliphatic hydroxyl groups excluding tert-OH is 2. The predicted molar refractivity (Wildman–Crippen MR) is 58.0 cm³/mol. The van der Waals surface area contributed by atoms with Gasteiger partial charge < -0.3 is 10.2 Å². The van der Waals surface area contributed by atoms with Crippen molar-refractivity contribution in [1.29, 1.82) is 0 Å². The predicted octanol–water partition coefficient (Wildman–Crippen LogP) is 2.26. The monoisotopic (exact) mass is 198 g/mol. The maximum Gasteiger partial charge on any atom is 0.0599 e. The average molecular weight is 198 g/mol. The molecule has 0 saturated carbocycles. The van der Waals surface area contributed by atoms with Crippen LogP contribution in [-0.4, -0.2) is 22.9 Å². The highest BCUT2D eigenvalue weighted by Crippen LogP contribution is 2.37. The average Bonchev–Trinajstić information content (AvgIpc) is 2.30. The Kier molecular flexibility index (Phi) is 4.14. The van der Waals surface area contributed by atoms with Crippen molar-refractivity contribution in [3.63, 3.8) is 0 Å². The van der Waals surface area contributed by atoms with E-state index in [0.717, 1.165) is 32.1 Å². The summed E-state index contributed by atoms with van der Waals surface area (Å²) < 4.78 is 0. The van der Waals surface area contributed by atoms with E-state index in [-0.39, 0.29) is 18.1 Å². The van der Waals surface area contributed by atoms with Crippen molar-refractivity contribution in [1.82, 2.24) is 0 Å². The number of hydrogen-bond donors (Lipinski definition) is 2. The van der Waals surface area contributed by atoms with Gasteiger partial charge in [0.1, 0.15) is 0 Å². The maximum absolute atomic E-state index is 10.0. The molecule has 2 nitrogen and oxygen atoms in total. The third-order valence-corrected chi connectivity index (χ3v) is 3.44. The van der Waals surface area contributed by atoms with Crippen molar-refractivity contribution >= 4 is 0 Å². The summed E-state index contributed by atoms with van der Waals surface area (Å²) in [4.78, 5) is 0. The number of aliphatic hydroxyl groups is 2. The van der Waals surface area contributed by atoms with Crippen molar-refractivity contribution < 1.29 is 10.2 Å². The van der Waals surface area contributed by atoms with Crippen LogP contribution in [0.15, 0.2) is 11.6 Å². The lowest BCUT2D eigenvalue weighted by Crippen LogP contribution is -2.31. The van der Waals surface area contributed by atoms with Gasteiger partial charge in [-0.15, -0.1) is 0 Å². The first-order chi connectivity index (χ1) is 6.58. The molecule has 0 radical (unpaired) electrons. The molecule has 0 aromatic rings. The molecule has 1 rings (SSSR count). The summed E-state index contributed by atoms with van der Waals surface area (Å²) in [5, 5.41) is 18.9. The van der Waals surface area contributed by atoms with E-state index in [1.54, 1.807) is 0 Å². The van der Waals surface area contributed by atoms with E-state index in [0.29, 0.717) is 0 Å². The van der Waals surface area contributed by atoms with Crippen LogP contribution >= 0.6 is 0 Å². The zero-order chi connectivity index (χ0) is 10.6. The molecule has 2 atom stereocenters. The second-order valence-electron chi connectivity index (χ2n) is 4.79.